The van der Waals surface area contributed by atoms with Crippen molar-refractivity contribution in [1.29, 1.82) is 0 Å². The van der Waals surface area contributed by atoms with Gasteiger partial charge in [-0.25, -0.2) is 4.98 Å². The monoisotopic (exact) mass is 235 g/mol. The quantitative estimate of drug-likeness (QED) is 0.787. The van der Waals surface area contributed by atoms with Crippen molar-refractivity contribution >= 4 is 5.82 Å². The van der Waals surface area contributed by atoms with Crippen molar-refractivity contribution in [3.63, 3.8) is 0 Å². The lowest BCUT2D eigenvalue weighted by molar-refractivity contribution is 0.588. The van der Waals surface area contributed by atoms with Crippen LogP contribution in [0, 0.1) is 0 Å². The average molecular weight is 235 g/mol. The van der Waals surface area contributed by atoms with Crippen LogP contribution in [0.3, 0.4) is 0 Å². The van der Waals surface area contributed by atoms with Gasteiger partial charge in [0.05, 0.1) is 0 Å². The molecule has 0 radical (unpaired) electrons. The highest BCUT2D eigenvalue weighted by atomic mass is 15.2. The van der Waals surface area contributed by atoms with Crippen molar-refractivity contribution in [2.24, 2.45) is 0 Å². The Morgan fingerprint density at radius 3 is 2.71 bits per heavy atom. The summed E-state index contributed by atoms with van der Waals surface area (Å²) in [4.78, 5) is 6.77. The highest BCUT2D eigenvalue weighted by molar-refractivity contribution is 5.40. The minimum absolute atomic E-state index is 0.518. The number of rotatable bonds is 7. The molecule has 1 N–H and O–H groups in total. The Hall–Kier alpha value is -1.09. The molecule has 0 aromatic carbocycles. The summed E-state index contributed by atoms with van der Waals surface area (Å²) in [5.41, 5.74) is 1.30. The molecule has 0 unspecified atom stereocenters. The zero-order chi connectivity index (χ0) is 12.7. The lowest BCUT2D eigenvalue weighted by Crippen LogP contribution is -2.25. The predicted octanol–water partition coefficient (Wildman–Crippen LogP) is 2.82. The summed E-state index contributed by atoms with van der Waals surface area (Å²) in [6.45, 7) is 11.7. The van der Waals surface area contributed by atoms with Gasteiger partial charge in [0.1, 0.15) is 5.82 Å². The SMILES string of the molecule is CCCN(CC)c1cc(CNC(C)C)ccn1. The largest absolute Gasteiger partial charge is 0.357 e. The van der Waals surface area contributed by atoms with Gasteiger partial charge in [0, 0.05) is 31.9 Å². The van der Waals surface area contributed by atoms with Crippen molar-refractivity contribution in [2.75, 3.05) is 18.0 Å². The molecule has 3 nitrogen and oxygen atoms in total. The zero-order valence-electron chi connectivity index (χ0n) is 11.5. The first-order chi connectivity index (χ1) is 8.17. The summed E-state index contributed by atoms with van der Waals surface area (Å²) in [5, 5.41) is 3.43. The number of pyridine rings is 1. The zero-order valence-corrected chi connectivity index (χ0v) is 11.5. The number of hydrogen-bond donors (Lipinski definition) is 1. The second-order valence-electron chi connectivity index (χ2n) is 4.64. The molecule has 1 aromatic rings. The first kappa shape index (κ1) is 14.0. The van der Waals surface area contributed by atoms with Gasteiger partial charge in [-0.05, 0) is 31.0 Å². The van der Waals surface area contributed by atoms with Gasteiger partial charge >= 0.3 is 0 Å². The van der Waals surface area contributed by atoms with Gasteiger partial charge in [0.15, 0.2) is 0 Å². The van der Waals surface area contributed by atoms with Crippen molar-refractivity contribution in [2.45, 2.75) is 46.7 Å². The molecule has 1 heterocycles. The fraction of sp³-hybridized carbons (Fsp3) is 0.643. The second kappa shape index (κ2) is 7.28. The molecule has 0 fully saturated rings. The highest BCUT2D eigenvalue weighted by Gasteiger charge is 2.05. The molecular weight excluding hydrogens is 210 g/mol. The lowest BCUT2D eigenvalue weighted by atomic mass is 10.2. The first-order valence-electron chi connectivity index (χ1n) is 6.60. The summed E-state index contributed by atoms with van der Waals surface area (Å²) in [6.07, 6.45) is 3.06. The molecule has 0 aliphatic heterocycles. The first-order valence-corrected chi connectivity index (χ1v) is 6.60. The van der Waals surface area contributed by atoms with E-state index in [-0.39, 0.29) is 0 Å². The Bertz CT molecular complexity index is 323. The number of hydrogen-bond acceptors (Lipinski definition) is 3. The van der Waals surface area contributed by atoms with E-state index in [1.165, 1.54) is 5.56 Å². The van der Waals surface area contributed by atoms with E-state index in [1.807, 2.05) is 6.20 Å². The van der Waals surface area contributed by atoms with Crippen LogP contribution in [0.2, 0.25) is 0 Å². The van der Waals surface area contributed by atoms with Crippen LogP contribution in [-0.2, 0) is 6.54 Å². The normalized spacial score (nSPS) is 10.9. The van der Waals surface area contributed by atoms with Gasteiger partial charge in [-0.1, -0.05) is 20.8 Å². The fourth-order valence-corrected chi connectivity index (χ4v) is 1.77. The van der Waals surface area contributed by atoms with Crippen molar-refractivity contribution in [3.05, 3.63) is 23.9 Å². The summed E-state index contributed by atoms with van der Waals surface area (Å²) < 4.78 is 0. The number of nitrogens with zero attached hydrogens (tertiary/aromatic N) is 2. The van der Waals surface area contributed by atoms with Crippen LogP contribution in [0.5, 0.6) is 0 Å². The third kappa shape index (κ3) is 4.73. The predicted molar refractivity (Wildman–Crippen MR) is 74.4 cm³/mol. The highest BCUT2D eigenvalue weighted by Crippen LogP contribution is 2.13. The van der Waals surface area contributed by atoms with Gasteiger partial charge in [0.25, 0.3) is 0 Å². The Morgan fingerprint density at radius 1 is 1.35 bits per heavy atom. The third-order valence-electron chi connectivity index (χ3n) is 2.72. The van der Waals surface area contributed by atoms with E-state index in [0.29, 0.717) is 6.04 Å². The Kier molecular flexibility index (Phi) is 5.98. The molecular formula is C14H25N3. The molecule has 3 heteroatoms. The molecule has 96 valence electrons. The molecule has 1 rings (SSSR count). The van der Waals surface area contributed by atoms with Crippen molar-refractivity contribution in [1.82, 2.24) is 10.3 Å². The molecule has 0 spiro atoms. The van der Waals surface area contributed by atoms with Crippen LogP contribution in [0.15, 0.2) is 18.3 Å². The average Bonchev–Trinajstić information content (AvgIpc) is 2.34. The van der Waals surface area contributed by atoms with E-state index in [0.717, 1.165) is 31.9 Å². The standard InChI is InChI=1S/C14H25N3/c1-5-9-17(6-2)14-10-13(7-8-15-14)11-16-12(3)4/h7-8,10,12,16H,5-6,9,11H2,1-4H3. The van der Waals surface area contributed by atoms with Crippen molar-refractivity contribution < 1.29 is 0 Å². The molecule has 0 saturated carbocycles. The smallest absolute Gasteiger partial charge is 0.128 e. The van der Waals surface area contributed by atoms with E-state index in [2.05, 4.69) is 55.0 Å². The Morgan fingerprint density at radius 2 is 2.12 bits per heavy atom. The van der Waals surface area contributed by atoms with Gasteiger partial charge in [-0.15, -0.1) is 0 Å². The minimum atomic E-state index is 0.518. The Balaban J connectivity index is 2.69. The number of nitrogens with one attached hydrogen (secondary N) is 1. The van der Waals surface area contributed by atoms with Crippen LogP contribution in [0.25, 0.3) is 0 Å². The summed E-state index contributed by atoms with van der Waals surface area (Å²) in [5.74, 6) is 1.09. The summed E-state index contributed by atoms with van der Waals surface area (Å²) >= 11 is 0. The molecule has 0 aliphatic carbocycles. The summed E-state index contributed by atoms with van der Waals surface area (Å²) in [7, 11) is 0. The molecule has 17 heavy (non-hydrogen) atoms. The van der Waals surface area contributed by atoms with Gasteiger partial charge in [-0.2, -0.15) is 0 Å². The molecule has 1 aromatic heterocycles. The minimum Gasteiger partial charge on any atom is -0.357 e. The van der Waals surface area contributed by atoms with Gasteiger partial charge in [-0.3, -0.25) is 0 Å². The molecule has 0 aliphatic rings. The van der Waals surface area contributed by atoms with E-state index < -0.39 is 0 Å². The van der Waals surface area contributed by atoms with E-state index >= 15 is 0 Å². The molecule has 0 amide bonds. The summed E-state index contributed by atoms with van der Waals surface area (Å²) in [6, 6.07) is 4.79. The maximum atomic E-state index is 4.45. The second-order valence-corrected chi connectivity index (χ2v) is 4.64. The number of anilines is 1. The van der Waals surface area contributed by atoms with Crippen LogP contribution < -0.4 is 10.2 Å². The maximum absolute atomic E-state index is 4.45. The topological polar surface area (TPSA) is 28.2 Å². The molecule has 0 atom stereocenters. The maximum Gasteiger partial charge on any atom is 0.128 e. The van der Waals surface area contributed by atoms with Gasteiger partial charge < -0.3 is 10.2 Å². The molecule has 0 saturated heterocycles. The molecule has 0 bridgehead atoms. The lowest BCUT2D eigenvalue weighted by Gasteiger charge is -2.21. The van der Waals surface area contributed by atoms with Crippen molar-refractivity contribution in [3.8, 4) is 0 Å². The van der Waals surface area contributed by atoms with Crippen LogP contribution in [-0.4, -0.2) is 24.1 Å². The van der Waals surface area contributed by atoms with E-state index in [1.54, 1.807) is 0 Å². The van der Waals surface area contributed by atoms with E-state index in [4.69, 9.17) is 0 Å². The Labute approximate surface area is 105 Å². The fourth-order valence-electron chi connectivity index (χ4n) is 1.77. The third-order valence-corrected chi connectivity index (χ3v) is 2.72. The van der Waals surface area contributed by atoms with E-state index in [9.17, 15) is 0 Å². The van der Waals surface area contributed by atoms with Crippen LogP contribution >= 0.6 is 0 Å². The van der Waals surface area contributed by atoms with Crippen LogP contribution in [0.4, 0.5) is 5.82 Å². The van der Waals surface area contributed by atoms with Gasteiger partial charge in [0.2, 0.25) is 0 Å². The van der Waals surface area contributed by atoms with Crippen LogP contribution in [0.1, 0.15) is 39.7 Å². The number of aromatic nitrogens is 1.